The highest BCUT2D eigenvalue weighted by atomic mass is 16.5. The van der Waals surface area contributed by atoms with Gasteiger partial charge in [-0.25, -0.2) is 14.8 Å². The van der Waals surface area contributed by atoms with E-state index < -0.39 is 12.1 Å². The van der Waals surface area contributed by atoms with Crippen molar-refractivity contribution < 1.29 is 23.9 Å². The number of aromatic amines is 2. The fourth-order valence-corrected chi connectivity index (χ4v) is 13.8. The van der Waals surface area contributed by atoms with E-state index in [9.17, 15) is 19.2 Å². The third kappa shape index (κ3) is 9.48. The van der Waals surface area contributed by atoms with E-state index in [1.54, 1.807) is 6.92 Å². The number of rotatable bonds is 11. The summed E-state index contributed by atoms with van der Waals surface area (Å²) in [7, 11) is 1.33. The number of fused-ring (bicyclic) bond motifs is 4. The number of imidazole rings is 2. The zero-order valence-corrected chi connectivity index (χ0v) is 43.6. The molecule has 0 spiro atoms. The Morgan fingerprint density at radius 3 is 1.59 bits per heavy atom. The summed E-state index contributed by atoms with van der Waals surface area (Å²) in [6.07, 6.45) is 13.8. The smallest absolute Gasteiger partial charge is 0.407 e. The first-order valence-corrected chi connectivity index (χ1v) is 27.5. The van der Waals surface area contributed by atoms with E-state index in [-0.39, 0.29) is 65.9 Å². The molecule has 0 radical (unpaired) electrons. The Labute approximate surface area is 429 Å². The van der Waals surface area contributed by atoms with E-state index in [0.717, 1.165) is 122 Å². The average Bonchev–Trinajstić information content (AvgIpc) is 4.19. The third-order valence-electron chi connectivity index (χ3n) is 17.7. The molecule has 2 saturated heterocycles. The molecule has 2 aliphatic heterocycles. The topological polar surface area (TPSA) is 153 Å². The van der Waals surface area contributed by atoms with Crippen molar-refractivity contribution in [2.24, 2.45) is 29.6 Å². The van der Waals surface area contributed by atoms with Gasteiger partial charge >= 0.3 is 6.09 Å². The van der Waals surface area contributed by atoms with Crippen LogP contribution in [0.25, 0.3) is 44.3 Å². The van der Waals surface area contributed by atoms with Crippen molar-refractivity contribution in [2.75, 3.05) is 7.11 Å². The Morgan fingerprint density at radius 1 is 0.630 bits per heavy atom. The molecule has 6 aliphatic carbocycles. The average molecular weight is 984 g/mol. The fraction of sp³-hybridized carbons (Fsp3) is 0.508. The molecule has 382 valence electrons. The first kappa shape index (κ1) is 48.9. The van der Waals surface area contributed by atoms with Gasteiger partial charge in [0.15, 0.2) is 0 Å². The lowest BCUT2D eigenvalue weighted by atomic mass is 9.84. The first-order chi connectivity index (χ1) is 35.3. The molecular formula is C61H73N7O5. The van der Waals surface area contributed by atoms with Crippen LogP contribution in [-0.4, -0.2) is 78.7 Å². The minimum absolute atomic E-state index is 0.0630. The zero-order chi connectivity index (χ0) is 50.7. The zero-order valence-electron chi connectivity index (χ0n) is 43.6. The van der Waals surface area contributed by atoms with Gasteiger partial charge < -0.3 is 34.6 Å². The highest BCUT2D eigenvalue weighted by Crippen LogP contribution is 2.49. The first-order valence-electron chi connectivity index (χ1n) is 27.5. The second kappa shape index (κ2) is 20.2. The summed E-state index contributed by atoms with van der Waals surface area (Å²) in [5.41, 5.74) is 13.7. The minimum atomic E-state index is -0.690. The molecule has 8 aliphatic rings. The summed E-state index contributed by atoms with van der Waals surface area (Å²) in [5, 5.41) is 2.84. The summed E-state index contributed by atoms with van der Waals surface area (Å²) in [5.74, 6) is 2.28. The Hall–Kier alpha value is -6.30. The minimum Gasteiger partial charge on any atom is -0.453 e. The van der Waals surface area contributed by atoms with Gasteiger partial charge in [-0.05, 0) is 164 Å². The van der Waals surface area contributed by atoms with E-state index in [4.69, 9.17) is 14.7 Å². The molecule has 4 fully saturated rings. The van der Waals surface area contributed by atoms with Gasteiger partial charge in [-0.2, -0.15) is 0 Å². The maximum absolute atomic E-state index is 14.5. The number of aromatic nitrogens is 4. The summed E-state index contributed by atoms with van der Waals surface area (Å²) < 4.78 is 4.94. The molecule has 4 bridgehead atoms. The fourth-order valence-electron chi connectivity index (χ4n) is 13.8. The summed E-state index contributed by atoms with van der Waals surface area (Å²) in [4.78, 5) is 75.8. The number of alkyl carbamates (subject to hydrolysis) is 1. The van der Waals surface area contributed by atoms with Crippen LogP contribution in [0.3, 0.4) is 0 Å². The summed E-state index contributed by atoms with van der Waals surface area (Å²) in [6.45, 7) is 9.67. The number of nitrogens with zero attached hydrogens (tertiary/aromatic N) is 4. The lowest BCUT2D eigenvalue weighted by molar-refractivity contribution is -0.143. The number of hydrogen-bond donors (Lipinski definition) is 3. The number of ether oxygens (including phenoxy) is 1. The van der Waals surface area contributed by atoms with Crippen molar-refractivity contribution in [1.82, 2.24) is 35.1 Å². The van der Waals surface area contributed by atoms with E-state index in [1.807, 2.05) is 13.8 Å². The number of ketones is 1. The van der Waals surface area contributed by atoms with E-state index >= 15 is 0 Å². The second-order valence-corrected chi connectivity index (χ2v) is 23.0. The Kier molecular flexibility index (Phi) is 13.5. The Balaban J connectivity index is 0.851. The quantitative estimate of drug-likeness (QED) is 0.117. The molecular weight excluding hydrogens is 911 g/mol. The van der Waals surface area contributed by atoms with Gasteiger partial charge in [-0.15, -0.1) is 0 Å². The van der Waals surface area contributed by atoms with Crippen molar-refractivity contribution in [3.05, 3.63) is 107 Å². The van der Waals surface area contributed by atoms with Crippen LogP contribution in [-0.2, 0) is 44.8 Å². The monoisotopic (exact) mass is 984 g/mol. The number of methoxy groups -OCH3 is 1. The predicted octanol–water partition coefficient (Wildman–Crippen LogP) is 12.0. The van der Waals surface area contributed by atoms with Crippen LogP contribution in [0, 0.1) is 29.6 Å². The molecule has 14 rings (SSSR count). The van der Waals surface area contributed by atoms with Crippen molar-refractivity contribution >= 4 is 45.8 Å². The molecule has 8 atom stereocenters. The lowest BCUT2D eigenvalue weighted by Gasteiger charge is -2.36. The van der Waals surface area contributed by atoms with Crippen LogP contribution in [0.4, 0.5) is 4.79 Å². The largest absolute Gasteiger partial charge is 0.453 e. The third-order valence-corrected chi connectivity index (χ3v) is 17.7. The van der Waals surface area contributed by atoms with Gasteiger partial charge in [0.2, 0.25) is 11.8 Å². The van der Waals surface area contributed by atoms with Crippen LogP contribution < -0.4 is 5.32 Å². The summed E-state index contributed by atoms with van der Waals surface area (Å²) in [6, 6.07) is 26.5. The second-order valence-electron chi connectivity index (χ2n) is 23.0. The van der Waals surface area contributed by atoms with Crippen molar-refractivity contribution in [2.45, 2.75) is 161 Å². The number of carbonyl (C=O) groups excluding carboxylic acids is 4. The molecule has 2 aromatic heterocycles. The van der Waals surface area contributed by atoms with Gasteiger partial charge in [0.05, 0.1) is 41.3 Å². The van der Waals surface area contributed by atoms with Gasteiger partial charge in [0.25, 0.3) is 0 Å². The Bertz CT molecular complexity index is 3080. The van der Waals surface area contributed by atoms with Crippen molar-refractivity contribution in [3.63, 3.8) is 0 Å². The number of hydrogen-bond acceptors (Lipinski definition) is 7. The maximum Gasteiger partial charge on any atom is 0.407 e. The van der Waals surface area contributed by atoms with Gasteiger partial charge in [0.1, 0.15) is 23.5 Å². The molecule has 4 aromatic carbocycles. The number of Topliss-reactive ketones (excluding diaryl/α,β-unsaturated/α-hetero) is 1. The number of carbonyl (C=O) groups is 4. The number of aryl methyl sites for hydroxylation is 4. The molecule has 12 heteroatoms. The normalized spacial score (nSPS) is 23.6. The predicted molar refractivity (Wildman–Crippen MR) is 286 cm³/mol. The Morgan fingerprint density at radius 2 is 1.12 bits per heavy atom. The highest BCUT2D eigenvalue weighted by Gasteiger charge is 2.50. The molecule has 3 amide bonds. The summed E-state index contributed by atoms with van der Waals surface area (Å²) >= 11 is 0. The molecule has 12 nitrogen and oxygen atoms in total. The van der Waals surface area contributed by atoms with Crippen LogP contribution in [0.1, 0.15) is 151 Å². The van der Waals surface area contributed by atoms with Crippen LogP contribution in [0.5, 0.6) is 0 Å². The van der Waals surface area contributed by atoms with Gasteiger partial charge in [-0.1, -0.05) is 102 Å². The van der Waals surface area contributed by atoms with Gasteiger partial charge in [-0.3, -0.25) is 9.59 Å². The lowest BCUT2D eigenvalue weighted by Crippen LogP contribution is -2.53. The molecule has 0 unspecified atom stereocenters. The van der Waals surface area contributed by atoms with Crippen molar-refractivity contribution in [1.29, 1.82) is 0 Å². The standard InChI is InChI=1S/C61H73N7O5/c1-34(2)45(27-36(5)69)59(70)67-52-13-9-7-11-43(52)32-54(67)57-62-48-25-23-41(30-50(48)64-57)46-28-37-15-19-39(46)20-16-38-18-22-40(21-17-37)47(29-38)42-24-26-49-51(31-42)65-58(63-49)55-33-44-12-8-10-14-53(44)68(55)60(71)56(35(3)4)66-61(72)73-6/h15,18-19,22-26,28-31,34-35,43-45,52-56H,7-14,16-17,20-21,27,32-33H2,1-6H3,(H,62,64)(H,63,65)(H,66,72)/t43-,44-,45-,52-,53-,54-,55-,56-/m0/s1. The molecule has 6 aromatic rings. The number of amides is 3. The molecule has 2 saturated carbocycles. The van der Waals surface area contributed by atoms with Crippen LogP contribution in [0.15, 0.2) is 72.8 Å². The van der Waals surface area contributed by atoms with Crippen LogP contribution >= 0.6 is 0 Å². The number of nitrogens with one attached hydrogen (secondary N) is 3. The molecule has 3 N–H and O–H groups in total. The van der Waals surface area contributed by atoms with E-state index in [2.05, 4.69) is 112 Å². The van der Waals surface area contributed by atoms with Crippen molar-refractivity contribution in [3.8, 4) is 22.3 Å². The highest BCUT2D eigenvalue weighted by molar-refractivity contribution is 5.89. The van der Waals surface area contributed by atoms with Crippen LogP contribution in [0.2, 0.25) is 0 Å². The number of benzene rings is 4. The number of H-pyrrole nitrogens is 2. The SMILES string of the molecule is COC(=O)N[C@H](C(=O)N1[C@H](c2nc3ccc(-c4cc5ccc4CCc4ccc(c(-c6ccc7nc([C@@H]8C[C@@H]9CCCC[C@@H]9N8C(=O)[C@@H](CC(C)=O)C(C)C)[nH]c7c6)c4)CC5)cc3[nH]2)C[C@@H]2CCCC[C@@H]21)C(C)C. The van der Waals surface area contributed by atoms with Gasteiger partial charge in [0, 0.05) is 24.4 Å². The molecule has 4 heterocycles. The maximum atomic E-state index is 14.5. The van der Waals surface area contributed by atoms with E-state index in [0.29, 0.717) is 11.8 Å². The number of likely N-dealkylation sites (tertiary alicyclic amines) is 2. The van der Waals surface area contributed by atoms with E-state index in [1.165, 1.54) is 53.3 Å². The molecule has 73 heavy (non-hydrogen) atoms.